The predicted molar refractivity (Wildman–Crippen MR) is 76.9 cm³/mol. The molecule has 1 aliphatic carbocycles. The molecular formula is C17H18FN. The fourth-order valence-corrected chi connectivity index (χ4v) is 2.36. The summed E-state index contributed by atoms with van der Waals surface area (Å²) in [5.74, 6) is 0.579. The molecule has 1 fully saturated rings. The molecule has 2 heteroatoms. The maximum atomic E-state index is 13.2. The van der Waals surface area contributed by atoms with Crippen molar-refractivity contribution < 1.29 is 4.39 Å². The maximum Gasteiger partial charge on any atom is 0.125 e. The first-order valence-corrected chi connectivity index (χ1v) is 6.81. The number of anilines is 1. The topological polar surface area (TPSA) is 12.0 Å². The Kier molecular flexibility index (Phi) is 3.24. The molecule has 0 aliphatic heterocycles. The molecule has 0 heterocycles. The first kappa shape index (κ1) is 12.2. The van der Waals surface area contributed by atoms with Crippen LogP contribution in [-0.2, 0) is 6.54 Å². The molecule has 19 heavy (non-hydrogen) atoms. The van der Waals surface area contributed by atoms with Crippen molar-refractivity contribution >= 4 is 5.69 Å². The normalized spacial score (nSPS) is 14.4. The van der Waals surface area contributed by atoms with Gasteiger partial charge in [-0.2, -0.15) is 0 Å². The van der Waals surface area contributed by atoms with Crippen LogP contribution in [0.3, 0.4) is 0 Å². The second-order valence-electron chi connectivity index (χ2n) is 5.33. The number of nitrogens with one attached hydrogen (secondary N) is 1. The van der Waals surface area contributed by atoms with Gasteiger partial charge in [0, 0.05) is 12.2 Å². The fraction of sp³-hybridized carbons (Fsp3) is 0.294. The van der Waals surface area contributed by atoms with Crippen molar-refractivity contribution in [2.75, 3.05) is 5.32 Å². The van der Waals surface area contributed by atoms with Crippen LogP contribution >= 0.6 is 0 Å². The van der Waals surface area contributed by atoms with Gasteiger partial charge in [0.15, 0.2) is 0 Å². The van der Waals surface area contributed by atoms with Gasteiger partial charge in [-0.3, -0.25) is 0 Å². The first-order valence-electron chi connectivity index (χ1n) is 6.81. The number of halogens is 1. The van der Waals surface area contributed by atoms with E-state index >= 15 is 0 Å². The third kappa shape index (κ3) is 2.95. The minimum atomic E-state index is -0.195. The van der Waals surface area contributed by atoms with E-state index in [1.165, 1.54) is 30.0 Å². The highest BCUT2D eigenvalue weighted by Crippen LogP contribution is 2.40. The maximum absolute atomic E-state index is 13.2. The molecule has 0 saturated heterocycles. The smallest absolute Gasteiger partial charge is 0.125 e. The zero-order valence-corrected chi connectivity index (χ0v) is 11.1. The van der Waals surface area contributed by atoms with Crippen LogP contribution in [0.5, 0.6) is 0 Å². The molecule has 0 bridgehead atoms. The van der Waals surface area contributed by atoms with Crippen LogP contribution in [0.15, 0.2) is 42.5 Å². The highest BCUT2D eigenvalue weighted by molar-refractivity contribution is 5.51. The number of aryl methyl sites for hydroxylation is 1. The molecule has 1 nitrogen and oxygen atoms in total. The van der Waals surface area contributed by atoms with E-state index in [4.69, 9.17) is 0 Å². The standard InChI is InChI=1S/C17H18FN/c1-12-5-8-16(18)10-17(12)19-11-13-3-2-4-15(9-13)14-6-7-14/h2-5,8-10,14,19H,6-7,11H2,1H3. The summed E-state index contributed by atoms with van der Waals surface area (Å²) >= 11 is 0. The minimum absolute atomic E-state index is 0.195. The molecule has 0 atom stereocenters. The summed E-state index contributed by atoms with van der Waals surface area (Å²) in [6, 6.07) is 13.6. The Morgan fingerprint density at radius 2 is 2.00 bits per heavy atom. The van der Waals surface area contributed by atoms with Gasteiger partial charge in [0.05, 0.1) is 0 Å². The fourth-order valence-electron chi connectivity index (χ4n) is 2.36. The Balaban J connectivity index is 1.71. The van der Waals surface area contributed by atoms with Crippen molar-refractivity contribution in [3.05, 3.63) is 65.0 Å². The highest BCUT2D eigenvalue weighted by Gasteiger charge is 2.23. The quantitative estimate of drug-likeness (QED) is 0.840. The van der Waals surface area contributed by atoms with E-state index in [1.807, 2.05) is 6.92 Å². The zero-order valence-electron chi connectivity index (χ0n) is 11.1. The molecule has 1 N–H and O–H groups in total. The number of hydrogen-bond donors (Lipinski definition) is 1. The van der Waals surface area contributed by atoms with Gasteiger partial charge in [0.25, 0.3) is 0 Å². The van der Waals surface area contributed by atoms with Crippen molar-refractivity contribution in [3.8, 4) is 0 Å². The van der Waals surface area contributed by atoms with Crippen molar-refractivity contribution in [3.63, 3.8) is 0 Å². The number of benzene rings is 2. The molecule has 2 aromatic rings. The van der Waals surface area contributed by atoms with Crippen LogP contribution in [-0.4, -0.2) is 0 Å². The molecule has 3 rings (SSSR count). The second kappa shape index (κ2) is 5.04. The summed E-state index contributed by atoms with van der Waals surface area (Å²) in [7, 11) is 0. The van der Waals surface area contributed by atoms with Gasteiger partial charge >= 0.3 is 0 Å². The molecule has 2 aromatic carbocycles. The van der Waals surface area contributed by atoms with Crippen LogP contribution in [0.2, 0.25) is 0 Å². The molecule has 98 valence electrons. The van der Waals surface area contributed by atoms with Gasteiger partial charge in [-0.05, 0) is 54.5 Å². The third-order valence-electron chi connectivity index (χ3n) is 3.68. The van der Waals surface area contributed by atoms with Crippen LogP contribution in [0.1, 0.15) is 35.4 Å². The van der Waals surface area contributed by atoms with Gasteiger partial charge in [-0.1, -0.05) is 30.3 Å². The molecule has 1 saturated carbocycles. The van der Waals surface area contributed by atoms with Crippen molar-refractivity contribution in [1.29, 1.82) is 0 Å². The summed E-state index contributed by atoms with van der Waals surface area (Å²) in [4.78, 5) is 0. The summed E-state index contributed by atoms with van der Waals surface area (Å²) < 4.78 is 13.2. The number of rotatable bonds is 4. The highest BCUT2D eigenvalue weighted by atomic mass is 19.1. The Bertz CT molecular complexity index is 588. The van der Waals surface area contributed by atoms with Crippen LogP contribution in [0.4, 0.5) is 10.1 Å². The van der Waals surface area contributed by atoms with E-state index in [0.717, 1.165) is 23.7 Å². The zero-order chi connectivity index (χ0) is 13.2. The van der Waals surface area contributed by atoms with E-state index in [0.29, 0.717) is 0 Å². The van der Waals surface area contributed by atoms with Crippen molar-refractivity contribution in [2.45, 2.75) is 32.2 Å². The van der Waals surface area contributed by atoms with Gasteiger partial charge in [0.1, 0.15) is 5.82 Å². The molecule has 0 aromatic heterocycles. The average Bonchev–Trinajstić information content (AvgIpc) is 3.25. The van der Waals surface area contributed by atoms with Crippen molar-refractivity contribution in [2.24, 2.45) is 0 Å². The third-order valence-corrected chi connectivity index (χ3v) is 3.68. The van der Waals surface area contributed by atoms with E-state index < -0.39 is 0 Å². The van der Waals surface area contributed by atoms with E-state index in [-0.39, 0.29) is 5.82 Å². The van der Waals surface area contributed by atoms with Crippen molar-refractivity contribution in [1.82, 2.24) is 0 Å². The van der Waals surface area contributed by atoms with Crippen LogP contribution in [0.25, 0.3) is 0 Å². The lowest BCUT2D eigenvalue weighted by atomic mass is 10.1. The molecule has 0 radical (unpaired) electrons. The van der Waals surface area contributed by atoms with Crippen LogP contribution in [0, 0.1) is 12.7 Å². The van der Waals surface area contributed by atoms with E-state index in [2.05, 4.69) is 29.6 Å². The average molecular weight is 255 g/mol. The molecule has 0 spiro atoms. The first-order chi connectivity index (χ1) is 9.22. The molecule has 0 unspecified atom stereocenters. The van der Waals surface area contributed by atoms with E-state index in [9.17, 15) is 4.39 Å². The Labute approximate surface area is 113 Å². The van der Waals surface area contributed by atoms with Gasteiger partial charge in [-0.15, -0.1) is 0 Å². The van der Waals surface area contributed by atoms with E-state index in [1.54, 1.807) is 12.1 Å². The molecule has 0 amide bonds. The summed E-state index contributed by atoms with van der Waals surface area (Å²) in [6.45, 7) is 2.73. The van der Waals surface area contributed by atoms with Gasteiger partial charge in [0.2, 0.25) is 0 Å². The van der Waals surface area contributed by atoms with Crippen LogP contribution < -0.4 is 5.32 Å². The SMILES string of the molecule is Cc1ccc(F)cc1NCc1cccc(C2CC2)c1. The monoisotopic (exact) mass is 255 g/mol. The lowest BCUT2D eigenvalue weighted by Gasteiger charge is -2.10. The van der Waals surface area contributed by atoms with Gasteiger partial charge < -0.3 is 5.32 Å². The minimum Gasteiger partial charge on any atom is -0.381 e. The summed E-state index contributed by atoms with van der Waals surface area (Å²) in [5.41, 5.74) is 4.64. The lowest BCUT2D eigenvalue weighted by molar-refractivity contribution is 0.628. The Morgan fingerprint density at radius 3 is 2.79 bits per heavy atom. The Morgan fingerprint density at radius 1 is 1.16 bits per heavy atom. The van der Waals surface area contributed by atoms with Gasteiger partial charge in [-0.25, -0.2) is 4.39 Å². The predicted octanol–water partition coefficient (Wildman–Crippen LogP) is 4.62. The second-order valence-corrected chi connectivity index (χ2v) is 5.33. The molecular weight excluding hydrogens is 237 g/mol. The largest absolute Gasteiger partial charge is 0.381 e. The summed E-state index contributed by atoms with van der Waals surface area (Å²) in [6.07, 6.45) is 2.64. The molecule has 1 aliphatic rings. The lowest BCUT2D eigenvalue weighted by Crippen LogP contribution is -2.01. The summed E-state index contributed by atoms with van der Waals surface area (Å²) in [5, 5.41) is 3.32. The number of hydrogen-bond acceptors (Lipinski definition) is 1. The Hall–Kier alpha value is -1.83.